The molecule has 2 aromatic rings. The van der Waals surface area contributed by atoms with Crippen molar-refractivity contribution in [3.05, 3.63) is 24.2 Å². The van der Waals surface area contributed by atoms with E-state index in [-0.39, 0.29) is 0 Å². The van der Waals surface area contributed by atoms with E-state index in [0.29, 0.717) is 0 Å². The van der Waals surface area contributed by atoms with Gasteiger partial charge in [-0.05, 0) is 12.8 Å². The summed E-state index contributed by atoms with van der Waals surface area (Å²) in [4.78, 5) is 4.27. The summed E-state index contributed by atoms with van der Waals surface area (Å²) < 4.78 is 2.00. The van der Waals surface area contributed by atoms with Gasteiger partial charge in [0.05, 0.1) is 0 Å². The Labute approximate surface area is 83.1 Å². The first-order valence-corrected chi connectivity index (χ1v) is 5.45. The van der Waals surface area contributed by atoms with Crippen LogP contribution >= 0.6 is 0 Å². The lowest BCUT2D eigenvalue weighted by Crippen LogP contribution is -2.05. The molecule has 0 atom stereocenters. The Bertz CT molecular complexity index is 392. The molecule has 0 aliphatic heterocycles. The Hall–Kier alpha value is -1.25. The fraction of sp³-hybridized carbons (Fsp3) is 0.545. The van der Waals surface area contributed by atoms with Crippen molar-refractivity contribution >= 4 is 5.65 Å². The summed E-state index contributed by atoms with van der Waals surface area (Å²) in [7, 11) is 0. The van der Waals surface area contributed by atoms with Crippen LogP contribution in [0.25, 0.3) is 5.65 Å². The normalized spacial score (nSPS) is 19.1. The Balaban J connectivity index is 1.92. The molecule has 74 valence electrons. The number of nitrogens with one attached hydrogen (secondary N) is 1. The van der Waals surface area contributed by atoms with E-state index in [1.165, 1.54) is 37.8 Å². The van der Waals surface area contributed by atoms with Crippen LogP contribution < -0.4 is 0 Å². The summed E-state index contributed by atoms with van der Waals surface area (Å²) in [6.07, 6.45) is 10.7. The quantitative estimate of drug-likeness (QED) is 0.735. The van der Waals surface area contributed by atoms with Crippen LogP contribution in [0.15, 0.2) is 18.5 Å². The molecule has 14 heavy (non-hydrogen) atoms. The first-order valence-electron chi connectivity index (χ1n) is 5.45. The van der Waals surface area contributed by atoms with Gasteiger partial charge in [-0.1, -0.05) is 19.3 Å². The zero-order chi connectivity index (χ0) is 9.38. The lowest BCUT2D eigenvalue weighted by molar-refractivity contribution is 0.435. The lowest BCUT2D eigenvalue weighted by Gasteiger charge is -2.19. The van der Waals surface area contributed by atoms with Gasteiger partial charge < -0.3 is 0 Å². The van der Waals surface area contributed by atoms with E-state index in [1.807, 2.05) is 16.9 Å². The van der Waals surface area contributed by atoms with E-state index < -0.39 is 0 Å². The number of hydrogen-bond acceptors (Lipinski definition) is 1. The van der Waals surface area contributed by atoms with Crippen molar-refractivity contribution in [1.29, 1.82) is 0 Å². The number of imidazole rings is 1. The van der Waals surface area contributed by atoms with E-state index in [9.17, 15) is 0 Å². The van der Waals surface area contributed by atoms with Crippen LogP contribution in [0, 0.1) is 0 Å². The third-order valence-corrected chi connectivity index (χ3v) is 3.25. The highest BCUT2D eigenvalue weighted by Gasteiger charge is 2.17. The maximum atomic E-state index is 4.27. The number of fused-ring (bicyclic) bond motifs is 1. The molecule has 0 amide bonds. The van der Waals surface area contributed by atoms with Crippen LogP contribution in [0.3, 0.4) is 0 Å². The van der Waals surface area contributed by atoms with Crippen molar-refractivity contribution in [2.24, 2.45) is 0 Å². The summed E-state index contributed by atoms with van der Waals surface area (Å²) in [5.74, 6) is 0.741. The molecule has 0 unspecified atom stereocenters. The Kier molecular flexibility index (Phi) is 1.82. The maximum absolute atomic E-state index is 4.27. The summed E-state index contributed by atoms with van der Waals surface area (Å²) in [6.45, 7) is 0. The molecule has 2 aromatic heterocycles. The summed E-state index contributed by atoms with van der Waals surface area (Å²) >= 11 is 0. The first kappa shape index (κ1) is 8.09. The van der Waals surface area contributed by atoms with Gasteiger partial charge in [-0.25, -0.2) is 9.50 Å². The van der Waals surface area contributed by atoms with Crippen molar-refractivity contribution < 1.29 is 0 Å². The number of hydrogen-bond donors (Lipinski definition) is 1. The molecular formula is C11H15N3. The minimum atomic E-state index is 0.741. The monoisotopic (exact) mass is 189 g/mol. The molecule has 0 spiro atoms. The fourth-order valence-corrected chi connectivity index (χ4v) is 2.45. The standard InChI is InChI=1S/C11H15N3/c1-2-4-9(5-3-1)10-8-11-12-6-7-14(11)13-10/h6-9,13H,1-5H2. The Morgan fingerprint density at radius 3 is 2.93 bits per heavy atom. The van der Waals surface area contributed by atoms with Gasteiger partial charge in [0.15, 0.2) is 5.65 Å². The molecule has 0 saturated heterocycles. The molecule has 1 saturated carbocycles. The molecule has 1 aliphatic carbocycles. The molecule has 3 rings (SSSR count). The van der Waals surface area contributed by atoms with Gasteiger partial charge in [0.25, 0.3) is 0 Å². The largest absolute Gasteiger partial charge is 0.297 e. The minimum absolute atomic E-state index is 0.741. The number of H-pyrrole nitrogens is 1. The molecule has 1 fully saturated rings. The van der Waals surface area contributed by atoms with E-state index in [0.717, 1.165) is 11.6 Å². The molecule has 0 bridgehead atoms. The minimum Gasteiger partial charge on any atom is -0.297 e. The zero-order valence-corrected chi connectivity index (χ0v) is 8.24. The maximum Gasteiger partial charge on any atom is 0.153 e. The molecule has 3 heteroatoms. The van der Waals surface area contributed by atoms with Gasteiger partial charge in [-0.3, -0.25) is 5.10 Å². The lowest BCUT2D eigenvalue weighted by atomic mass is 9.87. The summed E-state index contributed by atoms with van der Waals surface area (Å²) in [5, 5.41) is 3.40. The first-order chi connectivity index (χ1) is 6.93. The third kappa shape index (κ3) is 1.24. The number of rotatable bonds is 1. The van der Waals surface area contributed by atoms with E-state index >= 15 is 0 Å². The summed E-state index contributed by atoms with van der Waals surface area (Å²) in [5.41, 5.74) is 2.42. The van der Waals surface area contributed by atoms with Gasteiger partial charge in [0.2, 0.25) is 0 Å². The topological polar surface area (TPSA) is 33.1 Å². The van der Waals surface area contributed by atoms with Crippen molar-refractivity contribution in [3.8, 4) is 0 Å². The van der Waals surface area contributed by atoms with Crippen LogP contribution in [0.1, 0.15) is 43.7 Å². The molecular weight excluding hydrogens is 174 g/mol. The van der Waals surface area contributed by atoms with Gasteiger partial charge in [-0.15, -0.1) is 0 Å². The molecule has 1 N–H and O–H groups in total. The van der Waals surface area contributed by atoms with Crippen LogP contribution in [-0.2, 0) is 0 Å². The second-order valence-corrected chi connectivity index (χ2v) is 4.20. The van der Waals surface area contributed by atoms with Crippen LogP contribution in [0.5, 0.6) is 0 Å². The second kappa shape index (κ2) is 3.15. The fourth-order valence-electron chi connectivity index (χ4n) is 2.45. The van der Waals surface area contributed by atoms with Gasteiger partial charge in [0.1, 0.15) is 0 Å². The second-order valence-electron chi connectivity index (χ2n) is 4.20. The molecule has 0 radical (unpaired) electrons. The van der Waals surface area contributed by atoms with Crippen molar-refractivity contribution in [3.63, 3.8) is 0 Å². The van der Waals surface area contributed by atoms with Gasteiger partial charge >= 0.3 is 0 Å². The third-order valence-electron chi connectivity index (χ3n) is 3.25. The van der Waals surface area contributed by atoms with Gasteiger partial charge in [-0.2, -0.15) is 0 Å². The zero-order valence-electron chi connectivity index (χ0n) is 8.24. The molecule has 1 aliphatic rings. The number of aromatic amines is 1. The van der Waals surface area contributed by atoms with E-state index in [2.05, 4.69) is 16.1 Å². The molecule has 3 nitrogen and oxygen atoms in total. The average molecular weight is 189 g/mol. The van der Waals surface area contributed by atoms with Crippen molar-refractivity contribution in [1.82, 2.24) is 14.6 Å². The van der Waals surface area contributed by atoms with Crippen LogP contribution in [0.4, 0.5) is 0 Å². The average Bonchev–Trinajstić information content (AvgIpc) is 2.78. The smallest absolute Gasteiger partial charge is 0.153 e. The van der Waals surface area contributed by atoms with Gasteiger partial charge in [0, 0.05) is 30.1 Å². The van der Waals surface area contributed by atoms with E-state index in [4.69, 9.17) is 0 Å². The molecule has 2 heterocycles. The summed E-state index contributed by atoms with van der Waals surface area (Å²) in [6, 6.07) is 2.19. The van der Waals surface area contributed by atoms with Crippen LogP contribution in [0.2, 0.25) is 0 Å². The van der Waals surface area contributed by atoms with E-state index in [1.54, 1.807) is 0 Å². The Morgan fingerprint density at radius 2 is 2.14 bits per heavy atom. The molecule has 0 aromatic carbocycles. The number of aromatic nitrogens is 3. The van der Waals surface area contributed by atoms with Crippen LogP contribution in [-0.4, -0.2) is 14.6 Å². The Morgan fingerprint density at radius 1 is 1.29 bits per heavy atom. The van der Waals surface area contributed by atoms with Crippen molar-refractivity contribution in [2.45, 2.75) is 38.0 Å². The highest BCUT2D eigenvalue weighted by Crippen LogP contribution is 2.31. The highest BCUT2D eigenvalue weighted by molar-refractivity contribution is 5.39. The highest BCUT2D eigenvalue weighted by atomic mass is 15.3. The predicted molar refractivity (Wildman–Crippen MR) is 55.4 cm³/mol. The number of nitrogens with zero attached hydrogens (tertiary/aromatic N) is 2. The van der Waals surface area contributed by atoms with Crippen molar-refractivity contribution in [2.75, 3.05) is 0 Å². The SMILES string of the molecule is c1cn2[nH]c(C3CCCCC3)cc2n1. The predicted octanol–water partition coefficient (Wildman–Crippen LogP) is 2.71.